The third-order valence-electron chi connectivity index (χ3n) is 2.43. The van der Waals surface area contributed by atoms with Crippen molar-refractivity contribution in [3.8, 4) is 11.5 Å². The summed E-state index contributed by atoms with van der Waals surface area (Å²) in [5.41, 5.74) is 0.909. The molecule has 0 saturated heterocycles. The minimum atomic E-state index is -3.17. The Labute approximate surface area is 107 Å². The average Bonchev–Trinajstić information content (AvgIpc) is 2.36. The molecular formula is C11H18N2O4S. The van der Waals surface area contributed by atoms with Crippen molar-refractivity contribution in [3.63, 3.8) is 0 Å². The lowest BCUT2D eigenvalue weighted by Gasteiger charge is -2.08. The first kappa shape index (κ1) is 14.7. The van der Waals surface area contributed by atoms with E-state index >= 15 is 0 Å². The van der Waals surface area contributed by atoms with Crippen molar-refractivity contribution in [2.24, 2.45) is 0 Å². The Hall–Kier alpha value is -1.31. The first-order chi connectivity index (χ1) is 8.48. The van der Waals surface area contributed by atoms with Crippen molar-refractivity contribution in [2.45, 2.75) is 6.54 Å². The minimum Gasteiger partial charge on any atom is -0.504 e. The molecule has 1 aromatic carbocycles. The smallest absolute Gasteiger partial charge is 0.212 e. The first-order valence-corrected chi connectivity index (χ1v) is 7.11. The zero-order chi connectivity index (χ0) is 13.6. The van der Waals surface area contributed by atoms with E-state index in [-0.39, 0.29) is 11.5 Å². The standard InChI is InChI=1S/C11H18N2O4S/c1-12-18(15,16)6-5-13-8-9-3-4-10(14)11(7-9)17-2/h3-4,7,12-14H,5-6,8H2,1-2H3. The molecule has 0 spiro atoms. The number of phenols is 1. The van der Waals surface area contributed by atoms with Gasteiger partial charge in [0.25, 0.3) is 0 Å². The lowest BCUT2D eigenvalue weighted by molar-refractivity contribution is 0.373. The highest BCUT2D eigenvalue weighted by Crippen LogP contribution is 2.25. The van der Waals surface area contributed by atoms with Crippen molar-refractivity contribution < 1.29 is 18.3 Å². The maximum Gasteiger partial charge on any atom is 0.212 e. The van der Waals surface area contributed by atoms with Crippen molar-refractivity contribution >= 4 is 10.0 Å². The summed E-state index contributed by atoms with van der Waals surface area (Å²) in [6, 6.07) is 4.99. The van der Waals surface area contributed by atoms with Crippen molar-refractivity contribution in [3.05, 3.63) is 23.8 Å². The van der Waals surface area contributed by atoms with E-state index in [0.29, 0.717) is 18.8 Å². The summed E-state index contributed by atoms with van der Waals surface area (Å²) in [5, 5.41) is 12.4. The number of nitrogens with one attached hydrogen (secondary N) is 2. The molecule has 3 N–H and O–H groups in total. The number of sulfonamides is 1. The van der Waals surface area contributed by atoms with Crippen molar-refractivity contribution in [1.82, 2.24) is 10.0 Å². The van der Waals surface area contributed by atoms with Crippen LogP contribution in [0.1, 0.15) is 5.56 Å². The van der Waals surface area contributed by atoms with Crippen molar-refractivity contribution in [1.29, 1.82) is 0 Å². The SMILES string of the molecule is CNS(=O)(=O)CCNCc1ccc(O)c(OC)c1. The van der Waals surface area contributed by atoms with E-state index in [1.54, 1.807) is 18.2 Å². The van der Waals surface area contributed by atoms with Gasteiger partial charge < -0.3 is 15.2 Å². The van der Waals surface area contributed by atoms with Gasteiger partial charge in [-0.1, -0.05) is 6.07 Å². The fraction of sp³-hybridized carbons (Fsp3) is 0.455. The number of hydrogen-bond donors (Lipinski definition) is 3. The van der Waals surface area contributed by atoms with Gasteiger partial charge in [-0.3, -0.25) is 0 Å². The summed E-state index contributed by atoms with van der Waals surface area (Å²) < 4.78 is 29.5. The van der Waals surface area contributed by atoms with Crippen LogP contribution in [0.25, 0.3) is 0 Å². The fourth-order valence-electron chi connectivity index (χ4n) is 1.37. The molecule has 0 amide bonds. The minimum absolute atomic E-state index is 0.0265. The van der Waals surface area contributed by atoms with Crippen LogP contribution in [0.3, 0.4) is 0 Å². The summed E-state index contributed by atoms with van der Waals surface area (Å²) in [6.45, 7) is 0.863. The largest absolute Gasteiger partial charge is 0.504 e. The van der Waals surface area contributed by atoms with Gasteiger partial charge in [0.2, 0.25) is 10.0 Å². The molecule has 6 nitrogen and oxygen atoms in total. The summed E-state index contributed by atoms with van der Waals surface area (Å²) in [7, 11) is -0.304. The summed E-state index contributed by atoms with van der Waals surface area (Å²) in [5.74, 6) is 0.509. The highest BCUT2D eigenvalue weighted by Gasteiger charge is 2.06. The van der Waals surface area contributed by atoms with Gasteiger partial charge in [-0.2, -0.15) is 0 Å². The van der Waals surface area contributed by atoms with Crippen LogP contribution in [0, 0.1) is 0 Å². The highest BCUT2D eigenvalue weighted by atomic mass is 32.2. The molecule has 0 aliphatic rings. The third kappa shape index (κ3) is 4.52. The molecule has 0 bridgehead atoms. The molecule has 18 heavy (non-hydrogen) atoms. The van der Waals surface area contributed by atoms with Gasteiger partial charge in [0.15, 0.2) is 11.5 Å². The molecule has 0 heterocycles. The molecule has 0 aromatic heterocycles. The first-order valence-electron chi connectivity index (χ1n) is 5.46. The molecule has 0 fully saturated rings. The Morgan fingerprint density at radius 1 is 1.39 bits per heavy atom. The van der Waals surface area contributed by atoms with E-state index in [4.69, 9.17) is 4.74 Å². The number of aromatic hydroxyl groups is 1. The highest BCUT2D eigenvalue weighted by molar-refractivity contribution is 7.89. The van der Waals surface area contributed by atoms with E-state index < -0.39 is 10.0 Å². The normalized spacial score (nSPS) is 11.4. The molecule has 0 atom stereocenters. The number of methoxy groups -OCH3 is 1. The number of hydrogen-bond acceptors (Lipinski definition) is 5. The number of rotatable bonds is 7. The number of phenolic OH excluding ortho intramolecular Hbond substituents is 1. The predicted molar refractivity (Wildman–Crippen MR) is 69.2 cm³/mol. The van der Waals surface area contributed by atoms with Gasteiger partial charge in [-0.15, -0.1) is 0 Å². The van der Waals surface area contributed by atoms with Crippen LogP contribution in [0.2, 0.25) is 0 Å². The molecule has 0 unspecified atom stereocenters. The Bertz CT molecular complexity index is 488. The summed E-state index contributed by atoms with van der Waals surface area (Å²) in [6.07, 6.45) is 0. The van der Waals surface area contributed by atoms with Gasteiger partial charge in [0.05, 0.1) is 12.9 Å². The van der Waals surface area contributed by atoms with E-state index in [1.165, 1.54) is 14.2 Å². The van der Waals surface area contributed by atoms with E-state index in [1.807, 2.05) is 0 Å². The van der Waals surface area contributed by atoms with Gasteiger partial charge >= 0.3 is 0 Å². The van der Waals surface area contributed by atoms with Crippen LogP contribution in [0.4, 0.5) is 0 Å². The van der Waals surface area contributed by atoms with Gasteiger partial charge in [0.1, 0.15) is 0 Å². The predicted octanol–water partition coefficient (Wildman–Crippen LogP) is 0.0396. The fourth-order valence-corrected chi connectivity index (χ4v) is 1.99. The average molecular weight is 274 g/mol. The summed E-state index contributed by atoms with van der Waals surface area (Å²) >= 11 is 0. The lowest BCUT2D eigenvalue weighted by Crippen LogP contribution is -2.29. The van der Waals surface area contributed by atoms with E-state index in [9.17, 15) is 13.5 Å². The van der Waals surface area contributed by atoms with Gasteiger partial charge in [-0.05, 0) is 24.7 Å². The van der Waals surface area contributed by atoms with E-state index in [2.05, 4.69) is 10.0 Å². The molecule has 0 saturated carbocycles. The van der Waals surface area contributed by atoms with Gasteiger partial charge in [-0.25, -0.2) is 13.1 Å². The van der Waals surface area contributed by atoms with E-state index in [0.717, 1.165) is 5.56 Å². The lowest BCUT2D eigenvalue weighted by atomic mass is 10.2. The Kier molecular flexibility index (Phi) is 5.39. The molecule has 1 aromatic rings. The molecule has 0 aliphatic carbocycles. The molecular weight excluding hydrogens is 256 g/mol. The molecule has 102 valence electrons. The zero-order valence-electron chi connectivity index (χ0n) is 10.4. The second-order valence-electron chi connectivity index (χ2n) is 3.71. The summed E-state index contributed by atoms with van der Waals surface area (Å²) in [4.78, 5) is 0. The van der Waals surface area contributed by atoms with Gasteiger partial charge in [0, 0.05) is 13.1 Å². The Morgan fingerprint density at radius 2 is 2.11 bits per heavy atom. The monoisotopic (exact) mass is 274 g/mol. The molecule has 0 aliphatic heterocycles. The van der Waals surface area contributed by atoms with Crippen LogP contribution < -0.4 is 14.8 Å². The Morgan fingerprint density at radius 3 is 2.72 bits per heavy atom. The topological polar surface area (TPSA) is 87.7 Å². The van der Waals surface area contributed by atoms with Crippen molar-refractivity contribution in [2.75, 3.05) is 26.5 Å². The second kappa shape index (κ2) is 6.58. The van der Waals surface area contributed by atoms with Crippen LogP contribution in [-0.4, -0.2) is 40.0 Å². The van der Waals surface area contributed by atoms with Crippen LogP contribution in [0.15, 0.2) is 18.2 Å². The third-order valence-corrected chi connectivity index (χ3v) is 3.80. The van der Waals surface area contributed by atoms with Crippen LogP contribution in [0.5, 0.6) is 11.5 Å². The molecule has 1 rings (SSSR count). The Balaban J connectivity index is 2.45. The molecule has 0 radical (unpaired) electrons. The number of ether oxygens (including phenoxy) is 1. The molecule has 7 heteroatoms. The van der Waals surface area contributed by atoms with Crippen LogP contribution >= 0.6 is 0 Å². The second-order valence-corrected chi connectivity index (χ2v) is 5.75. The maximum atomic E-state index is 11.2. The maximum absolute atomic E-state index is 11.2. The number of benzene rings is 1. The van der Waals surface area contributed by atoms with Crippen LogP contribution in [-0.2, 0) is 16.6 Å². The quantitative estimate of drug-likeness (QED) is 0.611. The zero-order valence-corrected chi connectivity index (χ0v) is 11.3.